The summed E-state index contributed by atoms with van der Waals surface area (Å²) >= 11 is 1.53. The standard InChI is InChI=1S/C18H28N4OS/c1-14(17(23)19-12-11-15-8-4-2-5-9-15)24-18-21-20-16-10-6-3-7-13-22(16)18/h8,14H,2-7,9-13H2,1H3,(H,19,23)/t14-/m1/s1. The number of nitrogens with zero attached hydrogens (tertiary/aromatic N) is 3. The number of rotatable bonds is 6. The van der Waals surface area contributed by atoms with Crippen LogP contribution in [-0.2, 0) is 17.8 Å². The molecule has 24 heavy (non-hydrogen) atoms. The number of amides is 1. The zero-order valence-corrected chi connectivity index (χ0v) is 15.4. The molecule has 0 aromatic carbocycles. The van der Waals surface area contributed by atoms with Gasteiger partial charge in [-0.1, -0.05) is 29.8 Å². The predicted molar refractivity (Wildman–Crippen MR) is 97.1 cm³/mol. The number of fused-ring (bicyclic) bond motifs is 1. The van der Waals surface area contributed by atoms with Crippen molar-refractivity contribution in [3.8, 4) is 0 Å². The van der Waals surface area contributed by atoms with E-state index in [1.54, 1.807) is 0 Å². The minimum absolute atomic E-state index is 0.0994. The number of carbonyl (C=O) groups excluding carboxylic acids is 1. The number of thioether (sulfide) groups is 1. The summed E-state index contributed by atoms with van der Waals surface area (Å²) in [5.74, 6) is 1.18. The van der Waals surface area contributed by atoms with E-state index in [9.17, 15) is 4.79 Å². The number of hydrogen-bond acceptors (Lipinski definition) is 4. The van der Waals surface area contributed by atoms with E-state index in [1.807, 2.05) is 6.92 Å². The summed E-state index contributed by atoms with van der Waals surface area (Å²) in [6, 6.07) is 0. The van der Waals surface area contributed by atoms with E-state index >= 15 is 0 Å². The Kier molecular flexibility index (Phi) is 6.35. The van der Waals surface area contributed by atoms with Crippen LogP contribution in [0.3, 0.4) is 0 Å². The number of allylic oxidation sites excluding steroid dienone is 1. The molecule has 3 rings (SSSR count). The first-order valence-corrected chi connectivity index (χ1v) is 10.2. The Morgan fingerprint density at radius 2 is 2.12 bits per heavy atom. The van der Waals surface area contributed by atoms with Gasteiger partial charge in [-0.15, -0.1) is 10.2 Å². The highest BCUT2D eigenvalue weighted by atomic mass is 32.2. The molecule has 0 unspecified atom stereocenters. The molecule has 0 radical (unpaired) electrons. The molecule has 1 atom stereocenters. The summed E-state index contributed by atoms with van der Waals surface area (Å²) in [5.41, 5.74) is 1.50. The van der Waals surface area contributed by atoms with Gasteiger partial charge in [0.15, 0.2) is 5.16 Å². The molecule has 1 amide bonds. The van der Waals surface area contributed by atoms with Gasteiger partial charge < -0.3 is 9.88 Å². The quantitative estimate of drug-likeness (QED) is 0.631. The fourth-order valence-corrected chi connectivity index (χ4v) is 4.30. The Hall–Kier alpha value is -1.30. The van der Waals surface area contributed by atoms with Gasteiger partial charge in [0.2, 0.25) is 5.91 Å². The monoisotopic (exact) mass is 348 g/mol. The van der Waals surface area contributed by atoms with Crippen LogP contribution in [0.2, 0.25) is 0 Å². The van der Waals surface area contributed by atoms with Gasteiger partial charge in [-0.2, -0.15) is 0 Å². The number of hydrogen-bond donors (Lipinski definition) is 1. The average Bonchev–Trinajstić information content (AvgIpc) is 2.82. The minimum Gasteiger partial charge on any atom is -0.355 e. The molecule has 1 N–H and O–H groups in total. The molecule has 2 heterocycles. The molecule has 0 saturated carbocycles. The van der Waals surface area contributed by atoms with Crippen molar-refractivity contribution in [2.45, 2.75) is 81.7 Å². The van der Waals surface area contributed by atoms with Crippen molar-refractivity contribution in [3.05, 3.63) is 17.5 Å². The maximum atomic E-state index is 12.3. The Morgan fingerprint density at radius 1 is 1.25 bits per heavy atom. The smallest absolute Gasteiger partial charge is 0.233 e. The highest BCUT2D eigenvalue weighted by Gasteiger charge is 2.20. The molecule has 1 aromatic heterocycles. The molecule has 2 aliphatic rings. The first kappa shape index (κ1) is 17.5. The fraction of sp³-hybridized carbons (Fsp3) is 0.722. The van der Waals surface area contributed by atoms with E-state index in [2.05, 4.69) is 26.2 Å². The van der Waals surface area contributed by atoms with Crippen molar-refractivity contribution < 1.29 is 4.79 Å². The summed E-state index contributed by atoms with van der Waals surface area (Å²) in [5, 5.41) is 12.4. The first-order valence-electron chi connectivity index (χ1n) is 9.28. The van der Waals surface area contributed by atoms with Crippen LogP contribution in [0, 0.1) is 0 Å². The average molecular weight is 349 g/mol. The Labute approximate surface area is 148 Å². The van der Waals surface area contributed by atoms with E-state index in [0.717, 1.165) is 36.9 Å². The minimum atomic E-state index is -0.137. The molecule has 1 aliphatic carbocycles. The molecule has 0 saturated heterocycles. The normalized spacial score (nSPS) is 19.1. The van der Waals surface area contributed by atoms with E-state index in [0.29, 0.717) is 0 Å². The van der Waals surface area contributed by atoms with Crippen molar-refractivity contribution in [1.29, 1.82) is 0 Å². The topological polar surface area (TPSA) is 59.8 Å². The second-order valence-electron chi connectivity index (χ2n) is 6.77. The summed E-state index contributed by atoms with van der Waals surface area (Å²) in [4.78, 5) is 12.3. The molecule has 1 aromatic rings. The van der Waals surface area contributed by atoms with Crippen molar-refractivity contribution in [1.82, 2.24) is 20.1 Å². The number of nitrogens with one attached hydrogen (secondary N) is 1. The molecule has 6 heteroatoms. The van der Waals surface area contributed by atoms with Crippen LogP contribution in [0.15, 0.2) is 16.8 Å². The highest BCUT2D eigenvalue weighted by molar-refractivity contribution is 8.00. The van der Waals surface area contributed by atoms with Crippen LogP contribution in [0.4, 0.5) is 0 Å². The lowest BCUT2D eigenvalue weighted by molar-refractivity contribution is -0.120. The molecule has 0 bridgehead atoms. The van der Waals surface area contributed by atoms with Crippen LogP contribution >= 0.6 is 11.8 Å². The summed E-state index contributed by atoms with van der Waals surface area (Å²) in [7, 11) is 0. The SMILES string of the molecule is C[C@@H](Sc1nnc2n1CCCCC2)C(=O)NCCC1=CCCCC1. The van der Waals surface area contributed by atoms with Gasteiger partial charge in [0.05, 0.1) is 5.25 Å². The first-order chi connectivity index (χ1) is 11.7. The van der Waals surface area contributed by atoms with Crippen molar-refractivity contribution >= 4 is 17.7 Å². The summed E-state index contributed by atoms with van der Waals surface area (Å²) in [6.07, 6.45) is 13.0. The third kappa shape index (κ3) is 4.62. The maximum absolute atomic E-state index is 12.3. The third-order valence-corrected chi connectivity index (χ3v) is 5.94. The molecule has 1 aliphatic heterocycles. The second-order valence-corrected chi connectivity index (χ2v) is 8.08. The predicted octanol–water partition coefficient (Wildman–Crippen LogP) is 3.49. The number of aromatic nitrogens is 3. The molecule has 0 spiro atoms. The van der Waals surface area contributed by atoms with Gasteiger partial charge >= 0.3 is 0 Å². The van der Waals surface area contributed by atoms with Gasteiger partial charge in [0.1, 0.15) is 5.82 Å². The fourth-order valence-electron chi connectivity index (χ4n) is 3.38. The lowest BCUT2D eigenvalue weighted by atomic mass is 9.97. The van der Waals surface area contributed by atoms with Crippen LogP contribution in [-0.4, -0.2) is 32.5 Å². The van der Waals surface area contributed by atoms with E-state index in [4.69, 9.17) is 0 Å². The number of aryl methyl sites for hydroxylation is 1. The second kappa shape index (κ2) is 8.70. The van der Waals surface area contributed by atoms with E-state index in [-0.39, 0.29) is 11.2 Å². The van der Waals surface area contributed by atoms with Crippen molar-refractivity contribution in [2.75, 3.05) is 6.54 Å². The van der Waals surface area contributed by atoms with Crippen LogP contribution in [0.5, 0.6) is 0 Å². The Morgan fingerprint density at radius 3 is 2.96 bits per heavy atom. The van der Waals surface area contributed by atoms with Crippen LogP contribution in [0.25, 0.3) is 0 Å². The lowest BCUT2D eigenvalue weighted by Gasteiger charge is -2.15. The maximum Gasteiger partial charge on any atom is 0.233 e. The molecule has 132 valence electrons. The third-order valence-electron chi connectivity index (χ3n) is 4.86. The Balaban J connectivity index is 1.47. The Bertz CT molecular complexity index is 596. The molecular formula is C18H28N4OS. The lowest BCUT2D eigenvalue weighted by Crippen LogP contribution is -2.32. The number of carbonyl (C=O) groups is 1. The van der Waals surface area contributed by atoms with Gasteiger partial charge in [-0.05, 0) is 51.9 Å². The zero-order valence-electron chi connectivity index (χ0n) is 14.6. The zero-order chi connectivity index (χ0) is 16.8. The van der Waals surface area contributed by atoms with E-state index < -0.39 is 0 Å². The van der Waals surface area contributed by atoms with Gasteiger partial charge in [-0.3, -0.25) is 4.79 Å². The van der Waals surface area contributed by atoms with Crippen molar-refractivity contribution in [3.63, 3.8) is 0 Å². The molecule has 0 fully saturated rings. The van der Waals surface area contributed by atoms with Gasteiger partial charge in [-0.25, -0.2) is 0 Å². The largest absolute Gasteiger partial charge is 0.355 e. The van der Waals surface area contributed by atoms with Gasteiger partial charge in [0.25, 0.3) is 0 Å². The highest BCUT2D eigenvalue weighted by Crippen LogP contribution is 2.25. The molecular weight excluding hydrogens is 320 g/mol. The van der Waals surface area contributed by atoms with Gasteiger partial charge in [0, 0.05) is 19.5 Å². The summed E-state index contributed by atoms with van der Waals surface area (Å²) in [6.45, 7) is 3.68. The van der Waals surface area contributed by atoms with Crippen molar-refractivity contribution in [2.24, 2.45) is 0 Å². The van der Waals surface area contributed by atoms with Crippen LogP contribution < -0.4 is 5.32 Å². The van der Waals surface area contributed by atoms with E-state index in [1.165, 1.54) is 62.3 Å². The van der Waals surface area contributed by atoms with Crippen LogP contribution in [0.1, 0.15) is 64.1 Å². The summed E-state index contributed by atoms with van der Waals surface area (Å²) < 4.78 is 2.20. The molecule has 5 nitrogen and oxygen atoms in total.